The average Bonchev–Trinajstić information content (AvgIpc) is 3.45. The minimum atomic E-state index is -0.503. The number of hydrogen-bond acceptors (Lipinski definition) is 4. The Bertz CT molecular complexity index is 826. The van der Waals surface area contributed by atoms with Gasteiger partial charge in [0, 0.05) is 19.0 Å². The molecule has 1 amide bonds. The topological polar surface area (TPSA) is 64.4 Å². The standard InChI is InChI=1S/C21H25N3O3/c1-15-6-5-11-23(13-15)20(25)14-27-21(26)19-12-18(16-9-10-16)22-24(19)17-7-3-2-4-8-17/h2-4,7-8,12,15-16H,5-6,9-11,13-14H2,1H3/t15-/m0/s1. The van der Waals surface area contributed by atoms with E-state index in [1.165, 1.54) is 0 Å². The second-order valence-electron chi connectivity index (χ2n) is 7.64. The zero-order valence-electron chi connectivity index (χ0n) is 15.6. The van der Waals surface area contributed by atoms with Crippen LogP contribution in [-0.4, -0.2) is 46.3 Å². The Balaban J connectivity index is 1.47. The van der Waals surface area contributed by atoms with Gasteiger partial charge in [-0.2, -0.15) is 5.10 Å². The Labute approximate surface area is 159 Å². The molecule has 1 aliphatic carbocycles. The number of esters is 1. The fourth-order valence-corrected chi connectivity index (χ4v) is 3.60. The molecule has 4 rings (SSSR count). The Kier molecular flexibility index (Phi) is 4.97. The number of piperidine rings is 1. The van der Waals surface area contributed by atoms with E-state index in [-0.39, 0.29) is 12.5 Å². The number of carbonyl (C=O) groups is 2. The zero-order chi connectivity index (χ0) is 18.8. The lowest BCUT2D eigenvalue weighted by Gasteiger charge is -2.30. The highest BCUT2D eigenvalue weighted by molar-refractivity contribution is 5.90. The van der Waals surface area contributed by atoms with Crippen LogP contribution in [0.2, 0.25) is 0 Å². The maximum Gasteiger partial charge on any atom is 0.357 e. The number of aromatic nitrogens is 2. The largest absolute Gasteiger partial charge is 0.451 e. The fourth-order valence-electron chi connectivity index (χ4n) is 3.60. The van der Waals surface area contributed by atoms with Gasteiger partial charge in [-0.3, -0.25) is 4.79 Å². The molecule has 1 aromatic heterocycles. The number of benzene rings is 1. The predicted octanol–water partition coefficient (Wildman–Crippen LogP) is 3.17. The number of likely N-dealkylation sites (tertiary alicyclic amines) is 1. The molecule has 0 bridgehead atoms. The van der Waals surface area contributed by atoms with Crippen LogP contribution in [0, 0.1) is 5.92 Å². The van der Waals surface area contributed by atoms with Gasteiger partial charge in [0.1, 0.15) is 0 Å². The van der Waals surface area contributed by atoms with Crippen molar-refractivity contribution in [2.45, 2.75) is 38.5 Å². The van der Waals surface area contributed by atoms with Crippen LogP contribution >= 0.6 is 0 Å². The molecule has 0 unspecified atom stereocenters. The van der Waals surface area contributed by atoms with Crippen molar-refractivity contribution in [1.29, 1.82) is 0 Å². The molecular weight excluding hydrogens is 342 g/mol. The number of nitrogens with zero attached hydrogens (tertiary/aromatic N) is 3. The molecule has 2 fully saturated rings. The van der Waals surface area contributed by atoms with Crippen LogP contribution in [0.15, 0.2) is 36.4 Å². The zero-order valence-corrected chi connectivity index (χ0v) is 15.6. The molecule has 2 aromatic rings. The van der Waals surface area contributed by atoms with Crippen molar-refractivity contribution in [3.63, 3.8) is 0 Å². The van der Waals surface area contributed by atoms with Gasteiger partial charge < -0.3 is 9.64 Å². The van der Waals surface area contributed by atoms with Crippen LogP contribution in [0.5, 0.6) is 0 Å². The maximum atomic E-state index is 12.7. The van der Waals surface area contributed by atoms with E-state index >= 15 is 0 Å². The highest BCUT2D eigenvalue weighted by Crippen LogP contribution is 2.39. The van der Waals surface area contributed by atoms with Crippen molar-refractivity contribution in [3.05, 3.63) is 47.8 Å². The van der Waals surface area contributed by atoms with E-state index in [1.54, 1.807) is 15.6 Å². The lowest BCUT2D eigenvalue weighted by atomic mass is 10.0. The third-order valence-electron chi connectivity index (χ3n) is 5.27. The van der Waals surface area contributed by atoms with Crippen molar-refractivity contribution in [2.75, 3.05) is 19.7 Å². The van der Waals surface area contributed by atoms with Gasteiger partial charge in [0.2, 0.25) is 0 Å². The van der Waals surface area contributed by atoms with E-state index < -0.39 is 5.97 Å². The Morgan fingerprint density at radius 1 is 1.19 bits per heavy atom. The van der Waals surface area contributed by atoms with Crippen LogP contribution in [0.4, 0.5) is 0 Å². The minimum Gasteiger partial charge on any atom is -0.451 e. The summed E-state index contributed by atoms with van der Waals surface area (Å²) in [4.78, 5) is 26.9. The molecule has 0 N–H and O–H groups in total. The van der Waals surface area contributed by atoms with Crippen LogP contribution < -0.4 is 0 Å². The molecule has 27 heavy (non-hydrogen) atoms. The molecule has 142 valence electrons. The molecular formula is C21H25N3O3. The van der Waals surface area contributed by atoms with Crippen molar-refractivity contribution >= 4 is 11.9 Å². The molecule has 1 saturated heterocycles. The number of para-hydroxylation sites is 1. The van der Waals surface area contributed by atoms with Gasteiger partial charge in [-0.15, -0.1) is 0 Å². The summed E-state index contributed by atoms with van der Waals surface area (Å²) in [5, 5.41) is 4.61. The summed E-state index contributed by atoms with van der Waals surface area (Å²) in [7, 11) is 0. The van der Waals surface area contributed by atoms with E-state index in [1.807, 2.05) is 30.3 Å². The van der Waals surface area contributed by atoms with Crippen molar-refractivity contribution in [1.82, 2.24) is 14.7 Å². The molecule has 0 radical (unpaired) electrons. The minimum absolute atomic E-state index is 0.122. The van der Waals surface area contributed by atoms with Gasteiger partial charge in [0.05, 0.1) is 11.4 Å². The first-order valence-electron chi connectivity index (χ1n) is 9.72. The predicted molar refractivity (Wildman–Crippen MR) is 101 cm³/mol. The second-order valence-corrected chi connectivity index (χ2v) is 7.64. The highest BCUT2D eigenvalue weighted by atomic mass is 16.5. The van der Waals surface area contributed by atoms with Crippen molar-refractivity contribution in [3.8, 4) is 5.69 Å². The monoisotopic (exact) mass is 367 g/mol. The number of hydrogen-bond donors (Lipinski definition) is 0. The second kappa shape index (κ2) is 7.55. The van der Waals surface area contributed by atoms with Gasteiger partial charge in [-0.05, 0) is 49.8 Å². The van der Waals surface area contributed by atoms with Gasteiger partial charge in [-0.25, -0.2) is 9.48 Å². The number of carbonyl (C=O) groups excluding carboxylic acids is 2. The summed E-state index contributed by atoms with van der Waals surface area (Å²) in [6.07, 6.45) is 4.36. The third-order valence-corrected chi connectivity index (χ3v) is 5.27. The Morgan fingerprint density at radius 3 is 2.67 bits per heavy atom. The summed E-state index contributed by atoms with van der Waals surface area (Å²) >= 11 is 0. The third kappa shape index (κ3) is 4.04. The van der Waals surface area contributed by atoms with E-state index in [0.29, 0.717) is 17.5 Å². The summed E-state index contributed by atoms with van der Waals surface area (Å²) in [6, 6.07) is 11.3. The first-order valence-corrected chi connectivity index (χ1v) is 9.72. The molecule has 0 spiro atoms. The van der Waals surface area contributed by atoms with E-state index in [0.717, 1.165) is 50.2 Å². The normalized spacial score (nSPS) is 19.7. The molecule has 6 heteroatoms. The fraction of sp³-hybridized carbons (Fsp3) is 0.476. The lowest BCUT2D eigenvalue weighted by molar-refractivity contribution is -0.136. The number of amides is 1. The number of ether oxygens (including phenoxy) is 1. The van der Waals surface area contributed by atoms with Crippen molar-refractivity contribution in [2.24, 2.45) is 5.92 Å². The highest BCUT2D eigenvalue weighted by Gasteiger charge is 2.30. The van der Waals surface area contributed by atoms with Gasteiger partial charge >= 0.3 is 5.97 Å². The first kappa shape index (κ1) is 17.8. The lowest BCUT2D eigenvalue weighted by Crippen LogP contribution is -2.41. The SMILES string of the molecule is C[C@H]1CCCN(C(=O)COC(=O)c2cc(C3CC3)nn2-c2ccccc2)C1. The maximum absolute atomic E-state index is 12.7. The van der Waals surface area contributed by atoms with Crippen LogP contribution in [0.25, 0.3) is 5.69 Å². The summed E-state index contributed by atoms with van der Waals surface area (Å²) in [5.74, 6) is 0.303. The number of rotatable bonds is 5. The Hall–Kier alpha value is -2.63. The summed E-state index contributed by atoms with van der Waals surface area (Å²) < 4.78 is 6.99. The molecule has 2 aliphatic rings. The molecule has 6 nitrogen and oxygen atoms in total. The molecule has 1 atom stereocenters. The summed E-state index contributed by atoms with van der Waals surface area (Å²) in [6.45, 7) is 3.41. The molecule has 1 aliphatic heterocycles. The molecule has 1 saturated carbocycles. The van der Waals surface area contributed by atoms with E-state index in [2.05, 4.69) is 12.0 Å². The van der Waals surface area contributed by atoms with Crippen LogP contribution in [0.1, 0.15) is 54.7 Å². The van der Waals surface area contributed by atoms with E-state index in [4.69, 9.17) is 4.74 Å². The van der Waals surface area contributed by atoms with Crippen LogP contribution in [-0.2, 0) is 9.53 Å². The first-order chi connectivity index (χ1) is 13.1. The molecule has 1 aromatic carbocycles. The molecule has 2 heterocycles. The van der Waals surface area contributed by atoms with Crippen LogP contribution in [0.3, 0.4) is 0 Å². The average molecular weight is 367 g/mol. The van der Waals surface area contributed by atoms with Gasteiger partial charge in [-0.1, -0.05) is 25.1 Å². The Morgan fingerprint density at radius 2 is 1.96 bits per heavy atom. The van der Waals surface area contributed by atoms with Crippen molar-refractivity contribution < 1.29 is 14.3 Å². The smallest absolute Gasteiger partial charge is 0.357 e. The quantitative estimate of drug-likeness (QED) is 0.762. The van der Waals surface area contributed by atoms with Gasteiger partial charge in [0.25, 0.3) is 5.91 Å². The van der Waals surface area contributed by atoms with Gasteiger partial charge in [0.15, 0.2) is 12.3 Å². The van der Waals surface area contributed by atoms with E-state index in [9.17, 15) is 9.59 Å². The summed E-state index contributed by atoms with van der Waals surface area (Å²) in [5.41, 5.74) is 2.11.